The standard InChI is InChI=1S/C13H18N6O4/c1-18(2)5-15-13-16-11-10(12(22)17-13)14-6-19(11)9-3-7(21)8(4-20)23-9/h5-9,20-21H,3-4H2,1-2H3,(H,16,17,22)/t7-,8+,9+/m1/s1. The summed E-state index contributed by atoms with van der Waals surface area (Å²) >= 11 is 0. The zero-order valence-corrected chi connectivity index (χ0v) is 12.7. The number of fused-ring (bicyclic) bond motifs is 1. The monoisotopic (exact) mass is 322 g/mol. The van der Waals surface area contributed by atoms with E-state index in [9.17, 15) is 15.0 Å². The molecule has 0 aliphatic carbocycles. The van der Waals surface area contributed by atoms with Gasteiger partial charge in [0.2, 0.25) is 5.95 Å². The summed E-state index contributed by atoms with van der Waals surface area (Å²) in [6, 6.07) is 0. The molecule has 124 valence electrons. The van der Waals surface area contributed by atoms with Crippen LogP contribution in [-0.4, -0.2) is 73.9 Å². The molecule has 1 aliphatic rings. The number of ether oxygens (including phenoxy) is 1. The molecule has 10 nitrogen and oxygen atoms in total. The van der Waals surface area contributed by atoms with Crippen LogP contribution in [0, 0.1) is 0 Å². The summed E-state index contributed by atoms with van der Waals surface area (Å²) in [7, 11) is 3.60. The number of nitrogens with zero attached hydrogens (tertiary/aromatic N) is 5. The van der Waals surface area contributed by atoms with Crippen molar-refractivity contribution in [1.82, 2.24) is 24.4 Å². The maximum absolute atomic E-state index is 12.1. The van der Waals surface area contributed by atoms with Gasteiger partial charge in [0, 0.05) is 20.5 Å². The average molecular weight is 322 g/mol. The fourth-order valence-electron chi connectivity index (χ4n) is 2.41. The summed E-state index contributed by atoms with van der Waals surface area (Å²) in [6.07, 6.45) is 1.24. The predicted molar refractivity (Wildman–Crippen MR) is 81.6 cm³/mol. The second kappa shape index (κ2) is 6.07. The lowest BCUT2D eigenvalue weighted by molar-refractivity contribution is -0.0432. The quantitative estimate of drug-likeness (QED) is 0.485. The Balaban J connectivity index is 2.00. The minimum Gasteiger partial charge on any atom is -0.394 e. The van der Waals surface area contributed by atoms with Crippen LogP contribution >= 0.6 is 0 Å². The van der Waals surface area contributed by atoms with Crippen molar-refractivity contribution in [1.29, 1.82) is 0 Å². The normalized spacial score (nSPS) is 24.8. The van der Waals surface area contributed by atoms with Crippen LogP contribution in [0.5, 0.6) is 0 Å². The molecule has 2 aromatic heterocycles. The highest BCUT2D eigenvalue weighted by molar-refractivity contribution is 5.71. The molecule has 0 radical (unpaired) electrons. The second-order valence-corrected chi connectivity index (χ2v) is 5.54. The number of aliphatic hydroxyl groups excluding tert-OH is 2. The number of aliphatic hydroxyl groups is 2. The van der Waals surface area contributed by atoms with Gasteiger partial charge in [-0.25, -0.2) is 9.98 Å². The largest absolute Gasteiger partial charge is 0.394 e. The number of nitrogens with one attached hydrogen (secondary N) is 1. The van der Waals surface area contributed by atoms with E-state index in [0.717, 1.165) is 0 Å². The smallest absolute Gasteiger partial charge is 0.280 e. The van der Waals surface area contributed by atoms with E-state index in [2.05, 4.69) is 19.9 Å². The topological polar surface area (TPSA) is 129 Å². The maximum atomic E-state index is 12.1. The van der Waals surface area contributed by atoms with Gasteiger partial charge in [0.05, 0.1) is 25.4 Å². The number of aromatic amines is 1. The van der Waals surface area contributed by atoms with Gasteiger partial charge in [-0.3, -0.25) is 14.3 Å². The van der Waals surface area contributed by atoms with E-state index in [0.29, 0.717) is 5.65 Å². The van der Waals surface area contributed by atoms with Crippen LogP contribution < -0.4 is 5.56 Å². The molecule has 0 unspecified atom stereocenters. The lowest BCUT2D eigenvalue weighted by Gasteiger charge is -2.13. The number of hydrogen-bond donors (Lipinski definition) is 3. The molecular weight excluding hydrogens is 304 g/mol. The van der Waals surface area contributed by atoms with Gasteiger partial charge in [0.15, 0.2) is 11.2 Å². The molecule has 0 amide bonds. The van der Waals surface area contributed by atoms with Crippen molar-refractivity contribution in [3.8, 4) is 0 Å². The molecule has 0 aromatic carbocycles. The van der Waals surface area contributed by atoms with Crippen molar-refractivity contribution in [3.05, 3.63) is 16.7 Å². The van der Waals surface area contributed by atoms with Gasteiger partial charge in [-0.2, -0.15) is 4.98 Å². The molecule has 3 N–H and O–H groups in total. The first-order valence-electron chi connectivity index (χ1n) is 7.11. The number of imidazole rings is 1. The maximum Gasteiger partial charge on any atom is 0.280 e. The Morgan fingerprint density at radius 3 is 3.04 bits per heavy atom. The summed E-state index contributed by atoms with van der Waals surface area (Å²) in [5.74, 6) is 0.148. The number of aromatic nitrogens is 4. The SMILES string of the molecule is CN(C)C=Nc1nc2c(ncn2[C@@H]2C[C@@H](O)[C@H](CO)O2)c(=O)[nH]1. The molecule has 23 heavy (non-hydrogen) atoms. The summed E-state index contributed by atoms with van der Waals surface area (Å²) < 4.78 is 7.14. The van der Waals surface area contributed by atoms with Gasteiger partial charge in [-0.05, 0) is 0 Å². The minimum absolute atomic E-state index is 0.148. The molecule has 1 saturated heterocycles. The Kier molecular flexibility index (Phi) is 4.11. The van der Waals surface area contributed by atoms with Crippen molar-refractivity contribution >= 4 is 23.5 Å². The van der Waals surface area contributed by atoms with Crippen molar-refractivity contribution in [2.75, 3.05) is 20.7 Å². The Hall–Kier alpha value is -2.30. The van der Waals surface area contributed by atoms with E-state index in [1.54, 1.807) is 23.6 Å². The first kappa shape index (κ1) is 15.6. The van der Waals surface area contributed by atoms with Crippen LogP contribution in [0.25, 0.3) is 11.2 Å². The zero-order chi connectivity index (χ0) is 16.6. The van der Waals surface area contributed by atoms with E-state index >= 15 is 0 Å². The summed E-state index contributed by atoms with van der Waals surface area (Å²) in [4.78, 5) is 28.7. The third kappa shape index (κ3) is 2.96. The minimum atomic E-state index is -0.782. The highest BCUT2D eigenvalue weighted by Crippen LogP contribution is 2.30. The molecule has 3 atom stereocenters. The van der Waals surface area contributed by atoms with Gasteiger partial charge < -0.3 is 19.8 Å². The van der Waals surface area contributed by atoms with Crippen LogP contribution in [0.4, 0.5) is 5.95 Å². The molecule has 1 fully saturated rings. The van der Waals surface area contributed by atoms with Crippen LogP contribution in [-0.2, 0) is 4.74 Å². The van der Waals surface area contributed by atoms with Crippen molar-refractivity contribution in [3.63, 3.8) is 0 Å². The summed E-state index contributed by atoms with van der Waals surface area (Å²) in [5, 5.41) is 19.0. The van der Waals surface area contributed by atoms with Gasteiger partial charge in [-0.1, -0.05) is 0 Å². The Morgan fingerprint density at radius 1 is 1.61 bits per heavy atom. The lowest BCUT2D eigenvalue weighted by atomic mass is 10.2. The second-order valence-electron chi connectivity index (χ2n) is 5.54. The third-order valence-electron chi connectivity index (χ3n) is 3.53. The lowest BCUT2D eigenvalue weighted by Crippen LogP contribution is -2.24. The van der Waals surface area contributed by atoms with Crippen LogP contribution in [0.15, 0.2) is 16.1 Å². The highest BCUT2D eigenvalue weighted by Gasteiger charge is 2.35. The molecule has 0 bridgehead atoms. The van der Waals surface area contributed by atoms with Gasteiger partial charge in [0.1, 0.15) is 12.3 Å². The molecule has 0 spiro atoms. The Bertz CT molecular complexity index is 782. The van der Waals surface area contributed by atoms with Crippen LogP contribution in [0.1, 0.15) is 12.6 Å². The van der Waals surface area contributed by atoms with Crippen LogP contribution in [0.2, 0.25) is 0 Å². The summed E-state index contributed by atoms with van der Waals surface area (Å²) in [5.41, 5.74) is 0.0756. The van der Waals surface area contributed by atoms with Gasteiger partial charge in [-0.15, -0.1) is 0 Å². The van der Waals surface area contributed by atoms with E-state index < -0.39 is 24.0 Å². The Labute approximate surface area is 131 Å². The number of H-pyrrole nitrogens is 1. The predicted octanol–water partition coefficient (Wildman–Crippen LogP) is -1.02. The molecular formula is C13H18N6O4. The van der Waals surface area contributed by atoms with E-state index in [4.69, 9.17) is 4.74 Å². The third-order valence-corrected chi connectivity index (χ3v) is 3.53. The van der Waals surface area contributed by atoms with E-state index in [-0.39, 0.29) is 24.5 Å². The van der Waals surface area contributed by atoms with E-state index in [1.807, 2.05) is 0 Å². The molecule has 3 heterocycles. The molecule has 3 rings (SSSR count). The van der Waals surface area contributed by atoms with Crippen molar-refractivity contribution in [2.24, 2.45) is 4.99 Å². The number of aliphatic imine (C=N–C) groups is 1. The molecule has 10 heteroatoms. The first-order valence-corrected chi connectivity index (χ1v) is 7.11. The number of hydrogen-bond acceptors (Lipinski definition) is 7. The fraction of sp³-hybridized carbons (Fsp3) is 0.538. The first-order chi connectivity index (χ1) is 11.0. The molecule has 1 aliphatic heterocycles. The number of rotatable bonds is 4. The fourth-order valence-corrected chi connectivity index (χ4v) is 2.41. The van der Waals surface area contributed by atoms with Crippen molar-refractivity contribution < 1.29 is 14.9 Å². The molecule has 0 saturated carbocycles. The average Bonchev–Trinajstić information content (AvgIpc) is 3.08. The van der Waals surface area contributed by atoms with Crippen molar-refractivity contribution in [2.45, 2.75) is 24.9 Å². The van der Waals surface area contributed by atoms with Gasteiger partial charge >= 0.3 is 0 Å². The van der Waals surface area contributed by atoms with Crippen LogP contribution in [0.3, 0.4) is 0 Å². The molecule has 2 aromatic rings. The zero-order valence-electron chi connectivity index (χ0n) is 12.7. The Morgan fingerprint density at radius 2 is 2.39 bits per heavy atom. The van der Waals surface area contributed by atoms with Gasteiger partial charge in [0.25, 0.3) is 5.56 Å². The summed E-state index contributed by atoms with van der Waals surface area (Å²) in [6.45, 7) is -0.281. The highest BCUT2D eigenvalue weighted by atomic mass is 16.5. The van der Waals surface area contributed by atoms with E-state index in [1.165, 1.54) is 12.7 Å².